The van der Waals surface area contributed by atoms with Crippen molar-refractivity contribution in [2.75, 3.05) is 46.4 Å². The van der Waals surface area contributed by atoms with Gasteiger partial charge in [-0.15, -0.1) is 0 Å². The molecular formula is C26H35N3O5. The fourth-order valence-corrected chi connectivity index (χ4v) is 4.50. The second-order valence-electron chi connectivity index (χ2n) is 8.94. The van der Waals surface area contributed by atoms with E-state index in [1.54, 1.807) is 35.9 Å². The second-order valence-corrected chi connectivity index (χ2v) is 8.94. The van der Waals surface area contributed by atoms with Crippen molar-refractivity contribution in [3.63, 3.8) is 0 Å². The quantitative estimate of drug-likeness (QED) is 0.451. The molecule has 0 saturated carbocycles. The molecule has 1 aromatic carbocycles. The molecule has 2 saturated heterocycles. The smallest absolute Gasteiger partial charge is 0.309 e. The van der Waals surface area contributed by atoms with E-state index in [-0.39, 0.29) is 42.1 Å². The number of carbonyl (C=O) groups is 4. The molecular weight excluding hydrogens is 434 g/mol. The van der Waals surface area contributed by atoms with Gasteiger partial charge in [-0.05, 0) is 44.2 Å². The van der Waals surface area contributed by atoms with E-state index in [4.69, 9.17) is 4.74 Å². The summed E-state index contributed by atoms with van der Waals surface area (Å²) in [5, 5.41) is 0. The topological polar surface area (TPSA) is 87.2 Å². The van der Waals surface area contributed by atoms with Crippen molar-refractivity contribution in [2.45, 2.75) is 32.6 Å². The summed E-state index contributed by atoms with van der Waals surface area (Å²) < 4.78 is 5.07. The zero-order valence-electron chi connectivity index (χ0n) is 20.2. The summed E-state index contributed by atoms with van der Waals surface area (Å²) in [7, 11) is 1.66. The number of amides is 3. The minimum atomic E-state index is -0.192. The number of rotatable bonds is 7. The molecule has 0 radical (unpaired) electrons. The summed E-state index contributed by atoms with van der Waals surface area (Å²) in [4.78, 5) is 54.9. The standard InChI is InChI=1S/C26H35N3O5/c1-3-34-26(33)22-13-17-29(18-14-22)24(31)19-27(2)25(32)21-11-15-28(16-12-21)23(30)10-9-20-7-5-4-6-8-20/h4-10,21-22H,3,11-19H2,1-2H3/b10-9+. The number of likely N-dealkylation sites (N-methyl/N-ethyl adjacent to an activating group) is 1. The number of likely N-dealkylation sites (tertiary alicyclic amines) is 2. The van der Waals surface area contributed by atoms with Crippen molar-refractivity contribution in [3.05, 3.63) is 42.0 Å². The molecule has 2 fully saturated rings. The molecule has 34 heavy (non-hydrogen) atoms. The number of hydrogen-bond donors (Lipinski definition) is 0. The van der Waals surface area contributed by atoms with Gasteiger partial charge >= 0.3 is 5.97 Å². The van der Waals surface area contributed by atoms with Crippen LogP contribution in [-0.4, -0.2) is 84.8 Å². The highest BCUT2D eigenvalue weighted by atomic mass is 16.5. The van der Waals surface area contributed by atoms with Gasteiger partial charge in [-0.1, -0.05) is 30.3 Å². The second kappa shape index (κ2) is 12.3. The Morgan fingerprint density at radius 3 is 2.15 bits per heavy atom. The van der Waals surface area contributed by atoms with Crippen LogP contribution in [0.4, 0.5) is 0 Å². The first-order valence-corrected chi connectivity index (χ1v) is 12.1. The van der Waals surface area contributed by atoms with Crippen molar-refractivity contribution in [2.24, 2.45) is 11.8 Å². The van der Waals surface area contributed by atoms with Gasteiger partial charge in [0.15, 0.2) is 0 Å². The summed E-state index contributed by atoms with van der Waals surface area (Å²) in [6, 6.07) is 9.66. The van der Waals surface area contributed by atoms with Crippen LogP contribution in [0.3, 0.4) is 0 Å². The van der Waals surface area contributed by atoms with Gasteiger partial charge in [0, 0.05) is 45.2 Å². The summed E-state index contributed by atoms with van der Waals surface area (Å²) >= 11 is 0. The predicted octanol–water partition coefficient (Wildman–Crippen LogP) is 2.20. The maximum absolute atomic E-state index is 12.9. The maximum atomic E-state index is 12.9. The lowest BCUT2D eigenvalue weighted by Gasteiger charge is -2.34. The van der Waals surface area contributed by atoms with Crippen molar-refractivity contribution in [1.82, 2.24) is 14.7 Å². The lowest BCUT2D eigenvalue weighted by molar-refractivity contribution is -0.151. The van der Waals surface area contributed by atoms with E-state index in [2.05, 4.69) is 0 Å². The molecule has 0 spiro atoms. The maximum Gasteiger partial charge on any atom is 0.309 e. The monoisotopic (exact) mass is 469 g/mol. The molecule has 184 valence electrons. The molecule has 2 heterocycles. The van der Waals surface area contributed by atoms with Crippen molar-refractivity contribution < 1.29 is 23.9 Å². The summed E-state index contributed by atoms with van der Waals surface area (Å²) in [6.45, 7) is 4.23. The van der Waals surface area contributed by atoms with Gasteiger partial charge in [0.25, 0.3) is 0 Å². The van der Waals surface area contributed by atoms with Gasteiger partial charge in [0.2, 0.25) is 17.7 Å². The SMILES string of the molecule is CCOC(=O)C1CCN(C(=O)CN(C)C(=O)C2CCN(C(=O)/C=C/c3ccccc3)CC2)CC1. The van der Waals surface area contributed by atoms with Crippen LogP contribution in [0.25, 0.3) is 6.08 Å². The van der Waals surface area contributed by atoms with E-state index >= 15 is 0 Å². The number of benzene rings is 1. The van der Waals surface area contributed by atoms with E-state index in [0.29, 0.717) is 58.5 Å². The lowest BCUT2D eigenvalue weighted by atomic mass is 9.95. The van der Waals surface area contributed by atoms with Crippen molar-refractivity contribution >= 4 is 29.8 Å². The molecule has 0 aromatic heterocycles. The van der Waals surface area contributed by atoms with Crippen LogP contribution >= 0.6 is 0 Å². The van der Waals surface area contributed by atoms with Crippen LogP contribution in [0, 0.1) is 11.8 Å². The third-order valence-electron chi connectivity index (χ3n) is 6.59. The molecule has 0 N–H and O–H groups in total. The average molecular weight is 470 g/mol. The third kappa shape index (κ3) is 6.92. The van der Waals surface area contributed by atoms with Crippen LogP contribution in [0.2, 0.25) is 0 Å². The number of nitrogens with zero attached hydrogens (tertiary/aromatic N) is 3. The Hall–Kier alpha value is -3.16. The zero-order chi connectivity index (χ0) is 24.5. The third-order valence-corrected chi connectivity index (χ3v) is 6.59. The van der Waals surface area contributed by atoms with E-state index in [9.17, 15) is 19.2 Å². The molecule has 0 bridgehead atoms. The normalized spacial score (nSPS) is 17.6. The van der Waals surface area contributed by atoms with Gasteiger partial charge in [-0.3, -0.25) is 19.2 Å². The van der Waals surface area contributed by atoms with Crippen LogP contribution in [-0.2, 0) is 23.9 Å². The fourth-order valence-electron chi connectivity index (χ4n) is 4.50. The summed E-state index contributed by atoms with van der Waals surface area (Å²) in [6.07, 6.45) is 5.74. The Morgan fingerprint density at radius 2 is 1.53 bits per heavy atom. The largest absolute Gasteiger partial charge is 0.466 e. The van der Waals surface area contributed by atoms with Crippen molar-refractivity contribution in [3.8, 4) is 0 Å². The van der Waals surface area contributed by atoms with Crippen LogP contribution in [0.1, 0.15) is 38.2 Å². The highest BCUT2D eigenvalue weighted by Crippen LogP contribution is 2.21. The Kier molecular flexibility index (Phi) is 9.24. The Labute approximate surface area is 201 Å². The van der Waals surface area contributed by atoms with E-state index < -0.39 is 0 Å². The first-order chi connectivity index (χ1) is 16.4. The van der Waals surface area contributed by atoms with Crippen LogP contribution in [0.5, 0.6) is 0 Å². The average Bonchev–Trinajstić information content (AvgIpc) is 2.87. The predicted molar refractivity (Wildman–Crippen MR) is 128 cm³/mol. The number of piperidine rings is 2. The highest BCUT2D eigenvalue weighted by Gasteiger charge is 2.32. The lowest BCUT2D eigenvalue weighted by Crippen LogP contribution is -2.48. The van der Waals surface area contributed by atoms with Gasteiger partial charge < -0.3 is 19.4 Å². The number of ether oxygens (including phenoxy) is 1. The summed E-state index contributed by atoms with van der Waals surface area (Å²) in [5.74, 6) is -0.737. The Morgan fingerprint density at radius 1 is 0.941 bits per heavy atom. The van der Waals surface area contributed by atoms with E-state index in [0.717, 1.165) is 5.56 Å². The van der Waals surface area contributed by atoms with Gasteiger partial charge in [0.05, 0.1) is 19.1 Å². The minimum Gasteiger partial charge on any atom is -0.466 e. The number of carbonyl (C=O) groups excluding carboxylic acids is 4. The first kappa shape index (κ1) is 25.5. The van der Waals surface area contributed by atoms with Gasteiger partial charge in [-0.25, -0.2) is 0 Å². The van der Waals surface area contributed by atoms with Crippen LogP contribution < -0.4 is 0 Å². The summed E-state index contributed by atoms with van der Waals surface area (Å²) in [5.41, 5.74) is 0.970. The molecule has 1 aromatic rings. The molecule has 2 aliphatic heterocycles. The van der Waals surface area contributed by atoms with E-state index in [1.807, 2.05) is 30.3 Å². The van der Waals surface area contributed by atoms with Crippen LogP contribution in [0.15, 0.2) is 36.4 Å². The molecule has 3 amide bonds. The van der Waals surface area contributed by atoms with Crippen molar-refractivity contribution in [1.29, 1.82) is 0 Å². The highest BCUT2D eigenvalue weighted by molar-refractivity contribution is 5.92. The molecule has 8 heteroatoms. The molecule has 8 nitrogen and oxygen atoms in total. The minimum absolute atomic E-state index is 0.0296. The van der Waals surface area contributed by atoms with Gasteiger partial charge in [0.1, 0.15) is 0 Å². The Balaban J connectivity index is 1.40. The van der Waals surface area contributed by atoms with Gasteiger partial charge in [-0.2, -0.15) is 0 Å². The number of esters is 1. The first-order valence-electron chi connectivity index (χ1n) is 12.1. The molecule has 2 aliphatic rings. The number of hydrogen-bond acceptors (Lipinski definition) is 5. The fraction of sp³-hybridized carbons (Fsp3) is 0.538. The molecule has 0 aliphatic carbocycles. The molecule has 0 atom stereocenters. The zero-order valence-corrected chi connectivity index (χ0v) is 20.2. The molecule has 3 rings (SSSR count). The molecule has 0 unspecified atom stereocenters. The Bertz CT molecular complexity index is 885. The van der Waals surface area contributed by atoms with E-state index in [1.165, 1.54) is 4.90 Å².